The minimum absolute atomic E-state index is 0.00156. The summed E-state index contributed by atoms with van der Waals surface area (Å²) in [6.45, 7) is 8.84. The fourth-order valence-electron chi connectivity index (χ4n) is 2.37. The molecule has 0 aromatic heterocycles. The minimum Gasteiger partial charge on any atom is -0.297 e. The molecule has 2 rings (SSSR count). The summed E-state index contributed by atoms with van der Waals surface area (Å²) in [6, 6.07) is 4.71. The van der Waals surface area contributed by atoms with Crippen molar-refractivity contribution in [2.45, 2.75) is 11.8 Å². The minimum atomic E-state index is -3.65. The summed E-state index contributed by atoms with van der Waals surface area (Å²) in [5, 5.41) is 0.318. The molecule has 1 aromatic rings. The molecule has 1 heterocycles. The van der Waals surface area contributed by atoms with Crippen LogP contribution in [-0.2, 0) is 10.0 Å². The Bertz CT molecular complexity index is 618. The summed E-state index contributed by atoms with van der Waals surface area (Å²) in [5.41, 5.74) is 1.07. The largest absolute Gasteiger partial charge is 0.297 e. The Kier molecular flexibility index (Phi) is 5.33. The van der Waals surface area contributed by atoms with E-state index in [1.807, 2.05) is 6.92 Å². The summed E-state index contributed by atoms with van der Waals surface area (Å²) in [6.07, 6.45) is 0. The first-order valence-electron chi connectivity index (χ1n) is 6.63. The van der Waals surface area contributed by atoms with Gasteiger partial charge in [-0.1, -0.05) is 41.4 Å². The van der Waals surface area contributed by atoms with Crippen LogP contribution >= 0.6 is 23.2 Å². The van der Waals surface area contributed by atoms with Gasteiger partial charge in [0.1, 0.15) is 4.90 Å². The Morgan fingerprint density at radius 2 is 1.71 bits per heavy atom. The van der Waals surface area contributed by atoms with Gasteiger partial charge in [0.2, 0.25) is 10.0 Å². The molecular formula is C14H18Cl2N2O2S. The molecule has 0 saturated carbocycles. The van der Waals surface area contributed by atoms with E-state index in [4.69, 9.17) is 23.2 Å². The molecule has 116 valence electrons. The van der Waals surface area contributed by atoms with E-state index in [-0.39, 0.29) is 14.9 Å². The third-order valence-corrected chi connectivity index (χ3v) is 6.20. The van der Waals surface area contributed by atoms with Crippen molar-refractivity contribution in [2.75, 3.05) is 32.7 Å². The van der Waals surface area contributed by atoms with Crippen LogP contribution in [0.4, 0.5) is 0 Å². The van der Waals surface area contributed by atoms with E-state index < -0.39 is 10.0 Å². The lowest BCUT2D eigenvalue weighted by molar-refractivity contribution is 0.201. The topological polar surface area (TPSA) is 40.6 Å². The number of halogens is 2. The van der Waals surface area contributed by atoms with Crippen molar-refractivity contribution in [3.05, 3.63) is 40.4 Å². The lowest BCUT2D eigenvalue weighted by Crippen LogP contribution is -2.48. The number of rotatable bonds is 4. The quantitative estimate of drug-likeness (QED) is 0.785. The SMILES string of the molecule is C=C(C)CN1CCN(S(=O)(=O)c2c(Cl)cccc2Cl)CC1. The number of sulfonamides is 1. The van der Waals surface area contributed by atoms with Crippen molar-refractivity contribution in [3.63, 3.8) is 0 Å². The first-order chi connectivity index (χ1) is 9.82. The van der Waals surface area contributed by atoms with Crippen molar-refractivity contribution < 1.29 is 8.42 Å². The molecule has 21 heavy (non-hydrogen) atoms. The van der Waals surface area contributed by atoms with Crippen molar-refractivity contribution >= 4 is 33.2 Å². The molecule has 1 aromatic carbocycles. The first kappa shape index (κ1) is 16.8. The van der Waals surface area contributed by atoms with Gasteiger partial charge in [0.05, 0.1) is 10.0 Å². The zero-order chi connectivity index (χ0) is 15.6. The molecule has 1 aliphatic heterocycles. The van der Waals surface area contributed by atoms with Crippen LogP contribution in [0.3, 0.4) is 0 Å². The second-order valence-corrected chi connectivity index (χ2v) is 7.88. The fourth-order valence-corrected chi connectivity index (χ4v) is 4.88. The smallest absolute Gasteiger partial charge is 0.246 e. The van der Waals surface area contributed by atoms with Crippen LogP contribution < -0.4 is 0 Å². The lowest BCUT2D eigenvalue weighted by atomic mass is 10.3. The average molecular weight is 349 g/mol. The zero-order valence-electron chi connectivity index (χ0n) is 11.8. The van der Waals surface area contributed by atoms with Gasteiger partial charge < -0.3 is 0 Å². The third-order valence-electron chi connectivity index (χ3n) is 3.34. The molecule has 1 saturated heterocycles. The van der Waals surface area contributed by atoms with Gasteiger partial charge >= 0.3 is 0 Å². The second kappa shape index (κ2) is 6.67. The van der Waals surface area contributed by atoms with Gasteiger partial charge in [-0.25, -0.2) is 8.42 Å². The van der Waals surface area contributed by atoms with Crippen LogP contribution in [0.1, 0.15) is 6.92 Å². The van der Waals surface area contributed by atoms with E-state index in [1.165, 1.54) is 16.4 Å². The highest BCUT2D eigenvalue weighted by Gasteiger charge is 2.31. The van der Waals surface area contributed by atoms with Gasteiger partial charge in [-0.2, -0.15) is 4.31 Å². The summed E-state index contributed by atoms with van der Waals surface area (Å²) < 4.78 is 26.8. The number of nitrogens with zero attached hydrogens (tertiary/aromatic N) is 2. The van der Waals surface area contributed by atoms with E-state index in [1.54, 1.807) is 6.07 Å². The maximum absolute atomic E-state index is 12.7. The molecule has 0 radical (unpaired) electrons. The molecule has 7 heteroatoms. The predicted octanol–water partition coefficient (Wildman–Crippen LogP) is 2.88. The van der Waals surface area contributed by atoms with E-state index >= 15 is 0 Å². The van der Waals surface area contributed by atoms with Crippen LogP contribution in [0.25, 0.3) is 0 Å². The van der Waals surface area contributed by atoms with Crippen LogP contribution in [-0.4, -0.2) is 50.3 Å². The van der Waals surface area contributed by atoms with Gasteiger partial charge in [0, 0.05) is 32.7 Å². The molecule has 0 atom stereocenters. The van der Waals surface area contributed by atoms with Crippen molar-refractivity contribution in [3.8, 4) is 0 Å². The van der Waals surface area contributed by atoms with Gasteiger partial charge in [0.25, 0.3) is 0 Å². The lowest BCUT2D eigenvalue weighted by Gasteiger charge is -2.34. The Morgan fingerprint density at radius 1 is 1.19 bits per heavy atom. The van der Waals surface area contributed by atoms with E-state index in [0.29, 0.717) is 26.2 Å². The fraction of sp³-hybridized carbons (Fsp3) is 0.429. The molecule has 1 fully saturated rings. The Hall–Kier alpha value is -0.590. The van der Waals surface area contributed by atoms with E-state index in [9.17, 15) is 8.42 Å². The van der Waals surface area contributed by atoms with Crippen molar-refractivity contribution in [2.24, 2.45) is 0 Å². The molecule has 0 N–H and O–H groups in total. The average Bonchev–Trinajstić information content (AvgIpc) is 2.38. The predicted molar refractivity (Wildman–Crippen MR) is 86.5 cm³/mol. The van der Waals surface area contributed by atoms with Crippen LogP contribution in [0, 0.1) is 0 Å². The van der Waals surface area contributed by atoms with Crippen LogP contribution in [0.5, 0.6) is 0 Å². The molecule has 0 spiro atoms. The molecule has 0 aliphatic carbocycles. The molecule has 4 nitrogen and oxygen atoms in total. The summed E-state index contributed by atoms with van der Waals surface area (Å²) in [4.78, 5) is 2.18. The second-order valence-electron chi connectivity index (χ2n) is 5.19. The van der Waals surface area contributed by atoms with Crippen molar-refractivity contribution in [1.82, 2.24) is 9.21 Å². The number of hydrogen-bond acceptors (Lipinski definition) is 3. The van der Waals surface area contributed by atoms with Crippen molar-refractivity contribution in [1.29, 1.82) is 0 Å². The molecule has 0 bridgehead atoms. The highest BCUT2D eigenvalue weighted by Crippen LogP contribution is 2.31. The summed E-state index contributed by atoms with van der Waals surface area (Å²) >= 11 is 12.0. The van der Waals surface area contributed by atoms with Gasteiger partial charge in [-0.3, -0.25) is 4.90 Å². The Labute approximate surface area is 136 Å². The van der Waals surface area contributed by atoms with E-state index in [0.717, 1.165) is 12.1 Å². The van der Waals surface area contributed by atoms with Crippen LogP contribution in [0.15, 0.2) is 35.2 Å². The molecule has 1 aliphatic rings. The Balaban J connectivity index is 2.17. The molecule has 0 amide bonds. The van der Waals surface area contributed by atoms with Crippen LogP contribution in [0.2, 0.25) is 10.0 Å². The van der Waals surface area contributed by atoms with Gasteiger partial charge in [-0.05, 0) is 19.1 Å². The normalized spacial score (nSPS) is 17.9. The highest BCUT2D eigenvalue weighted by atomic mass is 35.5. The van der Waals surface area contributed by atoms with Gasteiger partial charge in [0.15, 0.2) is 0 Å². The summed E-state index contributed by atoms with van der Waals surface area (Å²) in [5.74, 6) is 0. The Morgan fingerprint density at radius 3 is 2.19 bits per heavy atom. The maximum atomic E-state index is 12.7. The maximum Gasteiger partial charge on any atom is 0.246 e. The van der Waals surface area contributed by atoms with E-state index in [2.05, 4.69) is 11.5 Å². The standard InChI is InChI=1S/C14H18Cl2N2O2S/c1-11(2)10-17-6-8-18(9-7-17)21(19,20)14-12(15)4-3-5-13(14)16/h3-5H,1,6-10H2,2H3. The molecule has 0 unspecified atom stereocenters. The van der Waals surface area contributed by atoms with Gasteiger partial charge in [-0.15, -0.1) is 0 Å². The highest BCUT2D eigenvalue weighted by molar-refractivity contribution is 7.89. The third kappa shape index (κ3) is 3.79. The summed E-state index contributed by atoms with van der Waals surface area (Å²) in [7, 11) is -3.65. The number of hydrogen-bond donors (Lipinski definition) is 0. The first-order valence-corrected chi connectivity index (χ1v) is 8.83. The molecular weight excluding hydrogens is 331 g/mol. The number of piperazine rings is 1. The zero-order valence-corrected chi connectivity index (χ0v) is 14.2. The number of benzene rings is 1. The monoisotopic (exact) mass is 348 g/mol.